The highest BCUT2D eigenvalue weighted by molar-refractivity contribution is 9.10. The van der Waals surface area contributed by atoms with E-state index in [0.29, 0.717) is 6.42 Å². The molecule has 3 rings (SSSR count). The molecule has 1 aliphatic rings. The zero-order valence-electron chi connectivity index (χ0n) is 9.19. The number of aromatic nitrogens is 2. The minimum atomic E-state index is 0.213. The van der Waals surface area contributed by atoms with Crippen molar-refractivity contribution in [2.75, 3.05) is 0 Å². The highest BCUT2D eigenvalue weighted by Gasteiger charge is 2.22. The number of carbonyl (C=O) groups is 1. The van der Waals surface area contributed by atoms with E-state index in [1.807, 2.05) is 28.9 Å². The fourth-order valence-electron chi connectivity index (χ4n) is 2.23. The lowest BCUT2D eigenvalue weighted by atomic mass is 9.97. The van der Waals surface area contributed by atoms with Crippen LogP contribution >= 0.6 is 15.9 Å². The van der Waals surface area contributed by atoms with Gasteiger partial charge in [-0.3, -0.25) is 4.79 Å². The number of hydrogen-bond acceptors (Lipinski definition) is 2. The van der Waals surface area contributed by atoms with Gasteiger partial charge in [-0.25, -0.2) is 4.68 Å². The zero-order valence-corrected chi connectivity index (χ0v) is 10.8. The Hall–Kier alpha value is -1.42. The van der Waals surface area contributed by atoms with Crippen molar-refractivity contribution in [1.29, 1.82) is 0 Å². The van der Waals surface area contributed by atoms with E-state index in [1.54, 1.807) is 6.20 Å². The molecular weight excluding hydrogens is 280 g/mol. The van der Waals surface area contributed by atoms with Gasteiger partial charge in [-0.2, -0.15) is 5.10 Å². The number of nitrogens with zero attached hydrogens (tertiary/aromatic N) is 2. The predicted octanol–water partition coefficient (Wildman–Crippen LogP) is 3.15. The van der Waals surface area contributed by atoms with Gasteiger partial charge in [0.25, 0.3) is 0 Å². The van der Waals surface area contributed by atoms with Gasteiger partial charge < -0.3 is 0 Å². The van der Waals surface area contributed by atoms with E-state index in [1.165, 1.54) is 0 Å². The molecule has 4 heteroatoms. The largest absolute Gasteiger partial charge is 0.294 e. The molecule has 1 aliphatic carbocycles. The highest BCUT2D eigenvalue weighted by Crippen LogP contribution is 2.27. The summed E-state index contributed by atoms with van der Waals surface area (Å²) in [4.78, 5) is 11.8. The number of rotatable bonds is 1. The fraction of sp³-hybridized carbons (Fsp3) is 0.231. The van der Waals surface area contributed by atoms with E-state index in [-0.39, 0.29) is 5.78 Å². The minimum Gasteiger partial charge on any atom is -0.294 e. The maximum Gasteiger partial charge on any atom is 0.166 e. The molecule has 0 spiro atoms. The lowest BCUT2D eigenvalue weighted by Gasteiger charge is -2.13. The standard InChI is InChI=1S/C13H11BrN2O/c14-10-4-1-2-5-12(10)16-11-6-3-7-13(17)9(11)8-15-16/h1-2,4-5,8H,3,6-7H2. The summed E-state index contributed by atoms with van der Waals surface area (Å²) in [5.74, 6) is 0.213. The summed E-state index contributed by atoms with van der Waals surface area (Å²) in [7, 11) is 0. The number of fused-ring (bicyclic) bond motifs is 1. The molecule has 3 nitrogen and oxygen atoms in total. The second-order valence-corrected chi connectivity index (χ2v) is 5.00. The molecular formula is C13H11BrN2O. The maximum atomic E-state index is 11.8. The van der Waals surface area contributed by atoms with Crippen molar-refractivity contribution in [3.05, 3.63) is 46.2 Å². The Morgan fingerprint density at radius 1 is 1.24 bits per heavy atom. The van der Waals surface area contributed by atoms with Crippen molar-refractivity contribution in [2.24, 2.45) is 0 Å². The van der Waals surface area contributed by atoms with E-state index in [0.717, 1.165) is 34.3 Å². The van der Waals surface area contributed by atoms with Crippen LogP contribution in [0.3, 0.4) is 0 Å². The average Bonchev–Trinajstić information content (AvgIpc) is 2.75. The van der Waals surface area contributed by atoms with Crippen molar-refractivity contribution < 1.29 is 4.79 Å². The minimum absolute atomic E-state index is 0.213. The highest BCUT2D eigenvalue weighted by atomic mass is 79.9. The average molecular weight is 291 g/mol. The van der Waals surface area contributed by atoms with Gasteiger partial charge in [0.15, 0.2) is 5.78 Å². The zero-order chi connectivity index (χ0) is 11.8. The summed E-state index contributed by atoms with van der Waals surface area (Å²) in [6.45, 7) is 0. The first kappa shape index (κ1) is 10.7. The topological polar surface area (TPSA) is 34.9 Å². The van der Waals surface area contributed by atoms with Crippen molar-refractivity contribution in [3.63, 3.8) is 0 Å². The van der Waals surface area contributed by atoms with Gasteiger partial charge in [0.2, 0.25) is 0 Å². The molecule has 0 aliphatic heterocycles. The van der Waals surface area contributed by atoms with Gasteiger partial charge in [0.05, 0.1) is 23.1 Å². The Morgan fingerprint density at radius 2 is 2.06 bits per heavy atom. The van der Waals surface area contributed by atoms with Crippen LogP contribution in [0.1, 0.15) is 28.9 Å². The van der Waals surface area contributed by atoms with Crippen molar-refractivity contribution in [1.82, 2.24) is 9.78 Å². The van der Waals surface area contributed by atoms with Crippen LogP contribution in [0.2, 0.25) is 0 Å². The van der Waals surface area contributed by atoms with Crippen molar-refractivity contribution in [3.8, 4) is 5.69 Å². The van der Waals surface area contributed by atoms with Gasteiger partial charge in [0.1, 0.15) is 0 Å². The van der Waals surface area contributed by atoms with Crippen LogP contribution in [-0.4, -0.2) is 15.6 Å². The number of halogens is 1. The first-order chi connectivity index (χ1) is 8.27. The first-order valence-electron chi connectivity index (χ1n) is 5.62. The molecule has 0 unspecified atom stereocenters. The number of para-hydroxylation sites is 1. The van der Waals surface area contributed by atoms with Gasteiger partial charge in [-0.15, -0.1) is 0 Å². The van der Waals surface area contributed by atoms with E-state index in [2.05, 4.69) is 21.0 Å². The quantitative estimate of drug-likeness (QED) is 0.809. The second-order valence-electron chi connectivity index (χ2n) is 4.14. The van der Waals surface area contributed by atoms with Gasteiger partial charge in [-0.05, 0) is 40.9 Å². The molecule has 0 N–H and O–H groups in total. The summed E-state index contributed by atoms with van der Waals surface area (Å²) in [6.07, 6.45) is 4.18. The smallest absolute Gasteiger partial charge is 0.166 e. The molecule has 0 radical (unpaired) electrons. The molecule has 86 valence electrons. The Labute approximate surface area is 108 Å². The van der Waals surface area contributed by atoms with Crippen LogP contribution in [0.15, 0.2) is 34.9 Å². The molecule has 0 bridgehead atoms. The number of hydrogen-bond donors (Lipinski definition) is 0. The van der Waals surface area contributed by atoms with Gasteiger partial charge in [0, 0.05) is 10.9 Å². The van der Waals surface area contributed by atoms with Crippen LogP contribution in [0.4, 0.5) is 0 Å². The number of Topliss-reactive ketones (excluding diaryl/α,β-unsaturated/α-hetero) is 1. The lowest BCUT2D eigenvalue weighted by Crippen LogP contribution is -2.12. The van der Waals surface area contributed by atoms with Crippen LogP contribution in [0.25, 0.3) is 5.69 Å². The number of benzene rings is 1. The molecule has 1 heterocycles. The molecule has 0 atom stereocenters. The summed E-state index contributed by atoms with van der Waals surface area (Å²) in [5.41, 5.74) is 2.81. The van der Waals surface area contributed by atoms with Gasteiger partial charge in [-0.1, -0.05) is 12.1 Å². The summed E-state index contributed by atoms with van der Waals surface area (Å²) < 4.78 is 2.86. The van der Waals surface area contributed by atoms with E-state index in [9.17, 15) is 4.79 Å². The summed E-state index contributed by atoms with van der Waals surface area (Å²) >= 11 is 3.51. The number of ketones is 1. The third kappa shape index (κ3) is 1.72. The molecule has 0 fully saturated rings. The number of carbonyl (C=O) groups excluding carboxylic acids is 1. The molecule has 0 amide bonds. The van der Waals surface area contributed by atoms with Crippen molar-refractivity contribution in [2.45, 2.75) is 19.3 Å². The van der Waals surface area contributed by atoms with Crippen molar-refractivity contribution >= 4 is 21.7 Å². The SMILES string of the molecule is O=C1CCCc2c1cnn2-c1ccccc1Br. The monoisotopic (exact) mass is 290 g/mol. The maximum absolute atomic E-state index is 11.8. The van der Waals surface area contributed by atoms with Gasteiger partial charge >= 0.3 is 0 Å². The Kier molecular flexibility index (Phi) is 2.59. The molecule has 2 aromatic rings. The van der Waals surface area contributed by atoms with Crippen LogP contribution in [-0.2, 0) is 6.42 Å². The molecule has 0 saturated heterocycles. The third-order valence-electron chi connectivity index (χ3n) is 3.07. The first-order valence-corrected chi connectivity index (χ1v) is 6.41. The Balaban J connectivity index is 2.17. The Morgan fingerprint density at radius 3 is 2.88 bits per heavy atom. The molecule has 17 heavy (non-hydrogen) atoms. The molecule has 1 aromatic heterocycles. The van der Waals surface area contributed by atoms with E-state index >= 15 is 0 Å². The molecule has 1 aromatic carbocycles. The second kappa shape index (κ2) is 4.11. The predicted molar refractivity (Wildman–Crippen MR) is 68.5 cm³/mol. The summed E-state index contributed by atoms with van der Waals surface area (Å²) in [5, 5.41) is 4.35. The normalized spacial score (nSPS) is 14.8. The lowest BCUT2D eigenvalue weighted by molar-refractivity contribution is 0.0972. The third-order valence-corrected chi connectivity index (χ3v) is 3.74. The van der Waals surface area contributed by atoms with Crippen LogP contribution in [0.5, 0.6) is 0 Å². The summed E-state index contributed by atoms with van der Waals surface area (Å²) in [6, 6.07) is 7.91. The molecule has 0 saturated carbocycles. The van der Waals surface area contributed by atoms with Crippen LogP contribution < -0.4 is 0 Å². The van der Waals surface area contributed by atoms with Crippen LogP contribution in [0, 0.1) is 0 Å². The van der Waals surface area contributed by atoms with E-state index < -0.39 is 0 Å². The Bertz CT molecular complexity index is 589. The fourth-order valence-corrected chi connectivity index (χ4v) is 2.68. The van der Waals surface area contributed by atoms with E-state index in [4.69, 9.17) is 0 Å².